The monoisotopic (exact) mass is 584 g/mol. The standard InChI is InChI=1S/C33H32N2O6S/c1-5-39-30-25(13-10-14-26(30)38-4)29-28(32(37)40-6-2)21(3)34-33-35(29)31(36)27(42-33)19-22-15-17-24(18-16-22)41-20-23-11-8-7-9-12-23/h7-19,29H,5-6,20H2,1-4H3/t29-/m1/s1. The molecule has 0 unspecified atom stereocenters. The number of para-hydroxylation sites is 1. The van der Waals surface area contributed by atoms with Crippen LogP contribution >= 0.6 is 11.3 Å². The number of benzene rings is 3. The van der Waals surface area contributed by atoms with Gasteiger partial charge in [0.2, 0.25) is 0 Å². The van der Waals surface area contributed by atoms with Crippen molar-refractivity contribution < 1.29 is 23.7 Å². The van der Waals surface area contributed by atoms with Gasteiger partial charge in [-0.05, 0) is 56.2 Å². The molecule has 0 radical (unpaired) electrons. The van der Waals surface area contributed by atoms with E-state index in [1.807, 2.05) is 79.7 Å². The first-order valence-electron chi connectivity index (χ1n) is 13.7. The van der Waals surface area contributed by atoms with Gasteiger partial charge in [0.25, 0.3) is 5.56 Å². The number of ether oxygens (including phenoxy) is 4. The summed E-state index contributed by atoms with van der Waals surface area (Å²) in [5.41, 5.74) is 3.02. The zero-order chi connectivity index (χ0) is 29.6. The van der Waals surface area contributed by atoms with E-state index in [0.717, 1.165) is 16.9 Å². The molecule has 8 nitrogen and oxygen atoms in total. The van der Waals surface area contributed by atoms with Crippen molar-refractivity contribution in [2.45, 2.75) is 33.4 Å². The van der Waals surface area contributed by atoms with E-state index in [2.05, 4.69) is 4.99 Å². The summed E-state index contributed by atoms with van der Waals surface area (Å²) in [4.78, 5) is 32.4. The van der Waals surface area contributed by atoms with Crippen LogP contribution in [-0.4, -0.2) is 30.9 Å². The summed E-state index contributed by atoms with van der Waals surface area (Å²) in [5, 5.41) is 0. The number of carbonyl (C=O) groups is 1. The van der Waals surface area contributed by atoms with Crippen LogP contribution in [0, 0.1) is 0 Å². The van der Waals surface area contributed by atoms with Crippen LogP contribution in [0.15, 0.2) is 93.9 Å². The first-order chi connectivity index (χ1) is 20.4. The number of methoxy groups -OCH3 is 1. The minimum atomic E-state index is -0.812. The normalized spacial score (nSPS) is 14.7. The molecule has 2 heterocycles. The Hall–Kier alpha value is -4.63. The van der Waals surface area contributed by atoms with Gasteiger partial charge in [-0.2, -0.15) is 0 Å². The van der Waals surface area contributed by atoms with Crippen LogP contribution in [0.1, 0.15) is 43.5 Å². The Morgan fingerprint density at radius 1 is 0.976 bits per heavy atom. The number of esters is 1. The molecule has 1 aromatic heterocycles. The van der Waals surface area contributed by atoms with Crippen LogP contribution < -0.4 is 29.1 Å². The fourth-order valence-electron chi connectivity index (χ4n) is 4.85. The van der Waals surface area contributed by atoms with Gasteiger partial charge >= 0.3 is 5.97 Å². The molecule has 42 heavy (non-hydrogen) atoms. The van der Waals surface area contributed by atoms with Crippen LogP contribution in [-0.2, 0) is 16.1 Å². The van der Waals surface area contributed by atoms with Gasteiger partial charge in [-0.1, -0.05) is 65.9 Å². The van der Waals surface area contributed by atoms with Crippen LogP contribution in [0.2, 0.25) is 0 Å². The van der Waals surface area contributed by atoms with Gasteiger partial charge in [0.15, 0.2) is 16.3 Å². The number of rotatable bonds is 10. The summed E-state index contributed by atoms with van der Waals surface area (Å²) in [6.45, 7) is 6.39. The van der Waals surface area contributed by atoms with Gasteiger partial charge in [-0.15, -0.1) is 0 Å². The van der Waals surface area contributed by atoms with E-state index in [-0.39, 0.29) is 17.7 Å². The van der Waals surface area contributed by atoms with E-state index in [1.54, 1.807) is 31.6 Å². The predicted molar refractivity (Wildman–Crippen MR) is 162 cm³/mol. The number of carbonyl (C=O) groups excluding carboxylic acids is 1. The summed E-state index contributed by atoms with van der Waals surface area (Å²) in [6.07, 6.45) is 1.82. The maximum absolute atomic E-state index is 14.0. The van der Waals surface area contributed by atoms with Crippen LogP contribution in [0.3, 0.4) is 0 Å². The highest BCUT2D eigenvalue weighted by Crippen LogP contribution is 2.40. The number of allylic oxidation sites excluding steroid dienone is 1. The molecule has 5 rings (SSSR count). The van der Waals surface area contributed by atoms with Crippen molar-refractivity contribution in [2.75, 3.05) is 20.3 Å². The topological polar surface area (TPSA) is 88.4 Å². The molecular weight excluding hydrogens is 552 g/mol. The van der Waals surface area contributed by atoms with Crippen LogP contribution in [0.5, 0.6) is 17.2 Å². The lowest BCUT2D eigenvalue weighted by molar-refractivity contribution is -0.139. The van der Waals surface area contributed by atoms with Crippen molar-refractivity contribution >= 4 is 23.4 Å². The molecule has 0 amide bonds. The maximum atomic E-state index is 14.0. The van der Waals surface area contributed by atoms with Crippen molar-refractivity contribution in [3.05, 3.63) is 120 Å². The molecule has 3 aromatic carbocycles. The second kappa shape index (κ2) is 12.9. The van der Waals surface area contributed by atoms with E-state index in [0.29, 0.717) is 45.3 Å². The van der Waals surface area contributed by atoms with Crippen molar-refractivity contribution in [1.29, 1.82) is 0 Å². The van der Waals surface area contributed by atoms with Crippen molar-refractivity contribution in [3.63, 3.8) is 0 Å². The van der Waals surface area contributed by atoms with Crippen molar-refractivity contribution in [1.82, 2.24) is 4.57 Å². The number of thiazole rings is 1. The van der Waals surface area contributed by atoms with Crippen molar-refractivity contribution in [3.8, 4) is 17.2 Å². The minimum absolute atomic E-state index is 0.189. The highest BCUT2D eigenvalue weighted by molar-refractivity contribution is 7.07. The Labute approximate surface area is 247 Å². The van der Waals surface area contributed by atoms with E-state index in [1.165, 1.54) is 11.3 Å². The van der Waals surface area contributed by atoms with Crippen molar-refractivity contribution in [2.24, 2.45) is 4.99 Å². The van der Waals surface area contributed by atoms with Gasteiger partial charge in [0.05, 0.1) is 36.1 Å². The van der Waals surface area contributed by atoms with Crippen LogP contribution in [0.4, 0.5) is 0 Å². The summed E-state index contributed by atoms with van der Waals surface area (Å²) >= 11 is 1.27. The number of hydrogen-bond acceptors (Lipinski definition) is 8. The molecule has 1 aliphatic heterocycles. The van der Waals surface area contributed by atoms with E-state index < -0.39 is 12.0 Å². The molecule has 0 bridgehead atoms. The quantitative estimate of drug-likeness (QED) is 0.249. The number of hydrogen-bond donors (Lipinski definition) is 0. The van der Waals surface area contributed by atoms with Gasteiger partial charge in [-0.25, -0.2) is 9.79 Å². The third-order valence-corrected chi connectivity index (χ3v) is 7.74. The third-order valence-electron chi connectivity index (χ3n) is 6.76. The number of fused-ring (bicyclic) bond motifs is 1. The Morgan fingerprint density at radius 3 is 2.43 bits per heavy atom. The summed E-state index contributed by atoms with van der Waals surface area (Å²) in [6, 6.07) is 22.1. The lowest BCUT2D eigenvalue weighted by atomic mass is 9.94. The van der Waals surface area contributed by atoms with Gasteiger partial charge in [-0.3, -0.25) is 9.36 Å². The largest absolute Gasteiger partial charge is 0.493 e. The zero-order valence-corrected chi connectivity index (χ0v) is 24.8. The molecule has 1 atom stereocenters. The van der Waals surface area contributed by atoms with Gasteiger partial charge in [0, 0.05) is 5.56 Å². The third kappa shape index (κ3) is 5.87. The molecule has 0 N–H and O–H groups in total. The average Bonchev–Trinajstić information content (AvgIpc) is 3.30. The molecule has 4 aromatic rings. The Balaban J connectivity index is 1.57. The molecule has 0 fully saturated rings. The van der Waals surface area contributed by atoms with Crippen LogP contribution in [0.25, 0.3) is 6.08 Å². The van der Waals surface area contributed by atoms with Gasteiger partial charge in [0.1, 0.15) is 18.4 Å². The molecule has 216 valence electrons. The number of nitrogens with zero attached hydrogens (tertiary/aromatic N) is 2. The lowest BCUT2D eigenvalue weighted by Crippen LogP contribution is -2.40. The summed E-state index contributed by atoms with van der Waals surface area (Å²) in [7, 11) is 1.55. The smallest absolute Gasteiger partial charge is 0.338 e. The van der Waals surface area contributed by atoms with E-state index in [4.69, 9.17) is 18.9 Å². The second-order valence-corrected chi connectivity index (χ2v) is 10.5. The van der Waals surface area contributed by atoms with E-state index >= 15 is 0 Å². The zero-order valence-electron chi connectivity index (χ0n) is 24.0. The Kier molecular flexibility index (Phi) is 8.88. The summed E-state index contributed by atoms with van der Waals surface area (Å²) < 4.78 is 24.9. The fourth-order valence-corrected chi connectivity index (χ4v) is 5.89. The minimum Gasteiger partial charge on any atom is -0.493 e. The first kappa shape index (κ1) is 28.9. The highest BCUT2D eigenvalue weighted by atomic mass is 32.1. The highest BCUT2D eigenvalue weighted by Gasteiger charge is 2.35. The summed E-state index contributed by atoms with van der Waals surface area (Å²) in [5.74, 6) is 1.16. The Morgan fingerprint density at radius 2 is 1.74 bits per heavy atom. The molecule has 0 saturated heterocycles. The molecule has 9 heteroatoms. The molecule has 0 aliphatic carbocycles. The van der Waals surface area contributed by atoms with E-state index in [9.17, 15) is 9.59 Å². The molecule has 1 aliphatic rings. The molecular formula is C33H32N2O6S. The van der Waals surface area contributed by atoms with Gasteiger partial charge < -0.3 is 18.9 Å². The molecule has 0 spiro atoms. The Bertz CT molecular complexity index is 1790. The first-order valence-corrected chi connectivity index (χ1v) is 14.5. The fraction of sp³-hybridized carbons (Fsp3) is 0.242. The predicted octanol–water partition coefficient (Wildman–Crippen LogP) is 4.78. The lowest BCUT2D eigenvalue weighted by Gasteiger charge is -2.26. The number of aromatic nitrogens is 1. The maximum Gasteiger partial charge on any atom is 0.338 e. The SMILES string of the molecule is CCOC(=O)C1=C(C)N=c2sc(=Cc3ccc(OCc4ccccc4)cc3)c(=O)n2[C@@H]1c1cccc(OC)c1OCC. The average molecular weight is 585 g/mol. The molecule has 0 saturated carbocycles. The second-order valence-electron chi connectivity index (χ2n) is 9.46.